The summed E-state index contributed by atoms with van der Waals surface area (Å²) in [7, 11) is -4.12. The molecule has 0 saturated carbocycles. The predicted octanol–water partition coefficient (Wildman–Crippen LogP) is 1.99. The van der Waals surface area contributed by atoms with Crippen LogP contribution in [0.4, 0.5) is 14.5 Å². The molecule has 0 bridgehead atoms. The fraction of sp³-hybridized carbons (Fsp3) is 0. The Kier molecular flexibility index (Phi) is 3.60. The molecule has 5 nitrogen and oxygen atoms in total. The minimum atomic E-state index is -4.12. The van der Waals surface area contributed by atoms with E-state index in [0.717, 1.165) is 18.2 Å². The molecule has 2 rings (SSSR count). The molecule has 0 heterocycles. The van der Waals surface area contributed by atoms with Crippen LogP contribution in [0.1, 0.15) is 0 Å². The van der Waals surface area contributed by atoms with Crippen LogP contribution in [0.2, 0.25) is 0 Å². The number of rotatable bonds is 3. The molecule has 0 aliphatic carbocycles. The average molecular weight is 300 g/mol. The number of nitrogen functional groups attached to an aromatic ring is 1. The van der Waals surface area contributed by atoms with Gasteiger partial charge >= 0.3 is 0 Å². The van der Waals surface area contributed by atoms with Crippen molar-refractivity contribution in [2.45, 2.75) is 4.90 Å². The van der Waals surface area contributed by atoms with Gasteiger partial charge in [0.2, 0.25) is 15.8 Å². The molecule has 2 aromatic rings. The summed E-state index contributed by atoms with van der Waals surface area (Å²) >= 11 is 0. The van der Waals surface area contributed by atoms with Gasteiger partial charge < -0.3 is 10.5 Å². The van der Waals surface area contributed by atoms with Gasteiger partial charge in [0.05, 0.1) is 0 Å². The van der Waals surface area contributed by atoms with Crippen LogP contribution in [-0.4, -0.2) is 8.42 Å². The first-order valence-electron chi connectivity index (χ1n) is 5.33. The van der Waals surface area contributed by atoms with Gasteiger partial charge in [-0.1, -0.05) is 6.07 Å². The first-order valence-corrected chi connectivity index (χ1v) is 6.88. The minimum absolute atomic E-state index is 0.140. The summed E-state index contributed by atoms with van der Waals surface area (Å²) in [6, 6.07) is 6.91. The second-order valence-electron chi connectivity index (χ2n) is 3.91. The summed E-state index contributed by atoms with van der Waals surface area (Å²) in [6.07, 6.45) is 0. The zero-order chi connectivity index (χ0) is 14.9. The summed E-state index contributed by atoms with van der Waals surface area (Å²) in [6.45, 7) is 0. The van der Waals surface area contributed by atoms with E-state index in [1.165, 1.54) is 18.2 Å². The maximum atomic E-state index is 13.5. The zero-order valence-corrected chi connectivity index (χ0v) is 10.8. The number of primary sulfonamides is 1. The van der Waals surface area contributed by atoms with Gasteiger partial charge in [-0.05, 0) is 30.3 Å². The van der Waals surface area contributed by atoms with Gasteiger partial charge in [-0.3, -0.25) is 0 Å². The van der Waals surface area contributed by atoms with Crippen LogP contribution >= 0.6 is 0 Å². The molecule has 20 heavy (non-hydrogen) atoms. The Balaban J connectivity index is 2.52. The van der Waals surface area contributed by atoms with Crippen LogP contribution in [-0.2, 0) is 10.0 Å². The van der Waals surface area contributed by atoms with Gasteiger partial charge in [-0.25, -0.2) is 17.9 Å². The number of ether oxygens (including phenoxy) is 1. The molecule has 0 aromatic heterocycles. The highest BCUT2D eigenvalue weighted by Crippen LogP contribution is 2.31. The molecule has 0 radical (unpaired) electrons. The van der Waals surface area contributed by atoms with Crippen LogP contribution < -0.4 is 15.6 Å². The lowest BCUT2D eigenvalue weighted by Crippen LogP contribution is -2.13. The first-order chi connectivity index (χ1) is 9.29. The lowest BCUT2D eigenvalue weighted by Gasteiger charge is -2.11. The zero-order valence-electron chi connectivity index (χ0n) is 10.0. The summed E-state index contributed by atoms with van der Waals surface area (Å²) in [4.78, 5) is -0.416. The van der Waals surface area contributed by atoms with Crippen LogP contribution in [0.3, 0.4) is 0 Å². The van der Waals surface area contributed by atoms with E-state index in [4.69, 9.17) is 15.6 Å². The smallest absolute Gasteiger partial charge is 0.241 e. The van der Waals surface area contributed by atoms with Crippen LogP contribution in [0.25, 0.3) is 0 Å². The molecule has 0 fully saturated rings. The van der Waals surface area contributed by atoms with Crippen molar-refractivity contribution in [1.82, 2.24) is 0 Å². The molecule has 0 aliphatic rings. The Hall–Kier alpha value is -2.19. The van der Waals surface area contributed by atoms with E-state index in [9.17, 15) is 17.2 Å². The van der Waals surface area contributed by atoms with Gasteiger partial charge in [-0.15, -0.1) is 0 Å². The van der Waals surface area contributed by atoms with Gasteiger partial charge in [0.15, 0.2) is 11.6 Å². The number of benzene rings is 2. The standard InChI is InChI=1S/C12H10F2N2O3S/c13-8-2-1-3-10(12(8)14)19-9-5-4-7(15)6-11(9)20(16,17)18/h1-6H,15H2,(H2,16,17,18). The number of hydrogen-bond donors (Lipinski definition) is 2. The molecule has 4 N–H and O–H groups in total. The average Bonchev–Trinajstić information content (AvgIpc) is 2.36. The second kappa shape index (κ2) is 5.06. The molecular formula is C12H10F2N2O3S. The van der Waals surface area contributed by atoms with Gasteiger partial charge in [0, 0.05) is 5.69 Å². The molecule has 2 aromatic carbocycles. The lowest BCUT2D eigenvalue weighted by molar-refractivity contribution is 0.409. The summed E-state index contributed by atoms with van der Waals surface area (Å²) in [5.41, 5.74) is 5.60. The van der Waals surface area contributed by atoms with Gasteiger partial charge in [0.1, 0.15) is 10.6 Å². The summed E-state index contributed by atoms with van der Waals surface area (Å²) in [5.74, 6) is -3.05. The van der Waals surface area contributed by atoms with Crippen molar-refractivity contribution in [3.8, 4) is 11.5 Å². The molecule has 0 saturated heterocycles. The highest BCUT2D eigenvalue weighted by Gasteiger charge is 2.18. The third-order valence-electron chi connectivity index (χ3n) is 2.41. The third-order valence-corrected chi connectivity index (χ3v) is 3.34. The van der Waals surface area contributed by atoms with Crippen LogP contribution in [0.15, 0.2) is 41.3 Å². The van der Waals surface area contributed by atoms with Crippen molar-refractivity contribution in [3.63, 3.8) is 0 Å². The second-order valence-corrected chi connectivity index (χ2v) is 5.44. The monoisotopic (exact) mass is 300 g/mol. The van der Waals surface area contributed by atoms with E-state index in [-0.39, 0.29) is 11.4 Å². The maximum absolute atomic E-state index is 13.5. The number of hydrogen-bond acceptors (Lipinski definition) is 4. The number of sulfonamides is 1. The molecule has 0 amide bonds. The normalized spacial score (nSPS) is 11.3. The third kappa shape index (κ3) is 2.86. The lowest BCUT2D eigenvalue weighted by atomic mass is 10.3. The summed E-state index contributed by atoms with van der Waals surface area (Å²) in [5, 5.41) is 5.02. The number of nitrogens with two attached hydrogens (primary N) is 2. The topological polar surface area (TPSA) is 95.4 Å². The highest BCUT2D eigenvalue weighted by molar-refractivity contribution is 7.89. The Labute approximate surface area is 113 Å². The van der Waals surface area contributed by atoms with E-state index in [0.29, 0.717) is 0 Å². The van der Waals surface area contributed by atoms with Crippen molar-refractivity contribution < 1.29 is 21.9 Å². The van der Waals surface area contributed by atoms with Crippen LogP contribution in [0, 0.1) is 11.6 Å². The predicted molar refractivity (Wildman–Crippen MR) is 68.7 cm³/mol. The van der Waals surface area contributed by atoms with Crippen molar-refractivity contribution in [1.29, 1.82) is 0 Å². The van der Waals surface area contributed by atoms with E-state index in [1.54, 1.807) is 0 Å². The fourth-order valence-corrected chi connectivity index (χ4v) is 2.20. The molecule has 0 unspecified atom stereocenters. The molecule has 0 spiro atoms. The Morgan fingerprint density at radius 1 is 1.05 bits per heavy atom. The Morgan fingerprint density at radius 2 is 1.75 bits per heavy atom. The van der Waals surface area contributed by atoms with E-state index >= 15 is 0 Å². The molecule has 0 atom stereocenters. The molecule has 0 aliphatic heterocycles. The largest absolute Gasteiger partial charge is 0.453 e. The number of halogens is 2. The van der Waals surface area contributed by atoms with Crippen molar-refractivity contribution in [3.05, 3.63) is 48.0 Å². The minimum Gasteiger partial charge on any atom is -0.453 e. The number of anilines is 1. The Bertz CT molecular complexity index is 763. The van der Waals surface area contributed by atoms with Crippen LogP contribution in [0.5, 0.6) is 11.5 Å². The van der Waals surface area contributed by atoms with E-state index in [1.807, 2.05) is 0 Å². The molecule has 106 valence electrons. The van der Waals surface area contributed by atoms with Crippen molar-refractivity contribution in [2.24, 2.45) is 5.14 Å². The van der Waals surface area contributed by atoms with Gasteiger partial charge in [-0.2, -0.15) is 4.39 Å². The van der Waals surface area contributed by atoms with Gasteiger partial charge in [0.25, 0.3) is 0 Å². The Morgan fingerprint density at radius 3 is 2.40 bits per heavy atom. The van der Waals surface area contributed by atoms with Crippen molar-refractivity contribution >= 4 is 15.7 Å². The quantitative estimate of drug-likeness (QED) is 0.847. The van der Waals surface area contributed by atoms with Crippen molar-refractivity contribution in [2.75, 3.05) is 5.73 Å². The SMILES string of the molecule is Nc1ccc(Oc2cccc(F)c2F)c(S(N)(=O)=O)c1. The van der Waals surface area contributed by atoms with E-state index in [2.05, 4.69) is 0 Å². The van der Waals surface area contributed by atoms with E-state index < -0.39 is 32.3 Å². The summed E-state index contributed by atoms with van der Waals surface area (Å²) < 4.78 is 54.5. The first kappa shape index (κ1) is 14.2. The fourth-order valence-electron chi connectivity index (χ4n) is 1.51. The molecular weight excluding hydrogens is 290 g/mol. The maximum Gasteiger partial charge on any atom is 0.241 e. The highest BCUT2D eigenvalue weighted by atomic mass is 32.2. The molecule has 8 heteroatoms.